The summed E-state index contributed by atoms with van der Waals surface area (Å²) in [5.74, 6) is -0.0267. The summed E-state index contributed by atoms with van der Waals surface area (Å²) in [6.45, 7) is 0.319. The molecule has 0 aromatic carbocycles. The molecule has 2 N–H and O–H groups in total. The SMILES string of the molecule is CN(CC(N)=S)C(=O)c1cc2sccc2s1. The molecule has 0 aliphatic rings. The quantitative estimate of drug-likeness (QED) is 0.871. The van der Waals surface area contributed by atoms with Crippen LogP contribution in [-0.2, 0) is 0 Å². The number of hydrogen-bond acceptors (Lipinski definition) is 4. The summed E-state index contributed by atoms with van der Waals surface area (Å²) in [6, 6.07) is 3.94. The van der Waals surface area contributed by atoms with Crippen LogP contribution in [0, 0.1) is 0 Å². The topological polar surface area (TPSA) is 46.3 Å². The largest absolute Gasteiger partial charge is 0.392 e. The van der Waals surface area contributed by atoms with Crippen LogP contribution in [0.3, 0.4) is 0 Å². The van der Waals surface area contributed by atoms with Crippen molar-refractivity contribution >= 4 is 55.2 Å². The molecule has 0 aliphatic heterocycles. The number of hydrogen-bond donors (Lipinski definition) is 1. The van der Waals surface area contributed by atoms with Crippen LogP contribution in [-0.4, -0.2) is 29.4 Å². The lowest BCUT2D eigenvalue weighted by molar-refractivity contribution is 0.0820. The zero-order valence-electron chi connectivity index (χ0n) is 8.60. The highest BCUT2D eigenvalue weighted by atomic mass is 32.1. The maximum atomic E-state index is 12.0. The first kappa shape index (κ1) is 11.5. The van der Waals surface area contributed by atoms with Crippen molar-refractivity contribution in [2.75, 3.05) is 13.6 Å². The van der Waals surface area contributed by atoms with Crippen LogP contribution >= 0.6 is 34.9 Å². The number of nitrogens with zero attached hydrogens (tertiary/aromatic N) is 1. The number of nitrogens with two attached hydrogens (primary N) is 1. The smallest absolute Gasteiger partial charge is 0.264 e. The van der Waals surface area contributed by atoms with Gasteiger partial charge in [0.25, 0.3) is 5.91 Å². The van der Waals surface area contributed by atoms with E-state index in [0.29, 0.717) is 11.5 Å². The Morgan fingerprint density at radius 1 is 1.56 bits per heavy atom. The first-order valence-corrected chi connectivity index (χ1v) is 6.69. The van der Waals surface area contributed by atoms with Crippen LogP contribution in [0.25, 0.3) is 9.40 Å². The fourth-order valence-corrected chi connectivity index (χ4v) is 3.66. The molecule has 1 amide bonds. The van der Waals surface area contributed by atoms with Crippen molar-refractivity contribution in [1.29, 1.82) is 0 Å². The zero-order chi connectivity index (χ0) is 11.7. The van der Waals surface area contributed by atoms with E-state index in [9.17, 15) is 4.79 Å². The Kier molecular flexibility index (Phi) is 3.22. The Morgan fingerprint density at radius 3 is 2.94 bits per heavy atom. The van der Waals surface area contributed by atoms with Gasteiger partial charge in [-0.3, -0.25) is 4.79 Å². The van der Waals surface area contributed by atoms with Crippen LogP contribution in [0.5, 0.6) is 0 Å². The summed E-state index contributed by atoms with van der Waals surface area (Å²) < 4.78 is 2.30. The molecule has 2 rings (SSSR count). The summed E-state index contributed by atoms with van der Waals surface area (Å²) in [4.78, 5) is 14.6. The zero-order valence-corrected chi connectivity index (χ0v) is 11.0. The Balaban J connectivity index is 2.21. The van der Waals surface area contributed by atoms with Gasteiger partial charge in [-0.2, -0.15) is 0 Å². The molecule has 0 spiro atoms. The van der Waals surface area contributed by atoms with Gasteiger partial charge in [0.05, 0.1) is 16.4 Å². The number of rotatable bonds is 3. The van der Waals surface area contributed by atoms with Crippen LogP contribution in [0.4, 0.5) is 0 Å². The van der Waals surface area contributed by atoms with Crippen molar-refractivity contribution in [3.63, 3.8) is 0 Å². The molecule has 2 aromatic rings. The van der Waals surface area contributed by atoms with Crippen molar-refractivity contribution in [2.24, 2.45) is 5.73 Å². The standard InChI is InChI=1S/C10H10N2OS3/c1-12(5-9(11)14)10(13)8-4-7-6(16-8)2-3-15-7/h2-4H,5H2,1H3,(H2,11,14). The first-order valence-electron chi connectivity index (χ1n) is 4.58. The maximum absolute atomic E-state index is 12.0. The van der Waals surface area contributed by atoms with Gasteiger partial charge in [0.15, 0.2) is 0 Å². The molecule has 16 heavy (non-hydrogen) atoms. The van der Waals surface area contributed by atoms with Gasteiger partial charge in [-0.05, 0) is 17.5 Å². The lowest BCUT2D eigenvalue weighted by atomic mass is 10.4. The molecule has 0 radical (unpaired) electrons. The normalized spacial score (nSPS) is 10.6. The molecular weight excluding hydrogens is 260 g/mol. The van der Waals surface area contributed by atoms with E-state index < -0.39 is 0 Å². The summed E-state index contributed by atoms with van der Waals surface area (Å²) >= 11 is 7.92. The van der Waals surface area contributed by atoms with Gasteiger partial charge in [0, 0.05) is 16.4 Å². The fourth-order valence-electron chi connectivity index (χ4n) is 1.36. The van der Waals surface area contributed by atoms with Crippen molar-refractivity contribution in [3.8, 4) is 0 Å². The predicted molar refractivity (Wildman–Crippen MR) is 73.4 cm³/mol. The van der Waals surface area contributed by atoms with Gasteiger partial charge < -0.3 is 10.6 Å². The molecule has 0 saturated carbocycles. The van der Waals surface area contributed by atoms with Gasteiger partial charge in [0.1, 0.15) is 0 Å². The van der Waals surface area contributed by atoms with E-state index in [-0.39, 0.29) is 5.91 Å². The van der Waals surface area contributed by atoms with Gasteiger partial charge in [0.2, 0.25) is 0 Å². The van der Waals surface area contributed by atoms with E-state index in [1.165, 1.54) is 16.2 Å². The van der Waals surface area contributed by atoms with Gasteiger partial charge in [-0.1, -0.05) is 12.2 Å². The Labute approximate surface area is 106 Å². The molecule has 0 saturated heterocycles. The number of likely N-dealkylation sites (N-methyl/N-ethyl adjacent to an activating group) is 1. The van der Waals surface area contributed by atoms with E-state index in [1.54, 1.807) is 18.4 Å². The average molecular weight is 270 g/mol. The lowest BCUT2D eigenvalue weighted by Gasteiger charge is -2.14. The third kappa shape index (κ3) is 2.23. The molecule has 0 aliphatic carbocycles. The molecule has 0 atom stereocenters. The third-order valence-electron chi connectivity index (χ3n) is 2.09. The van der Waals surface area contributed by atoms with Crippen LogP contribution < -0.4 is 5.73 Å². The second-order valence-corrected chi connectivity index (χ2v) is 5.94. The average Bonchev–Trinajstić information content (AvgIpc) is 2.74. The summed E-state index contributed by atoms with van der Waals surface area (Å²) in [5, 5.41) is 2.02. The van der Waals surface area contributed by atoms with Crippen LogP contribution in [0.1, 0.15) is 9.67 Å². The maximum Gasteiger partial charge on any atom is 0.264 e. The van der Waals surface area contributed by atoms with Crippen molar-refractivity contribution in [1.82, 2.24) is 4.90 Å². The molecule has 0 unspecified atom stereocenters. The van der Waals surface area contributed by atoms with Crippen molar-refractivity contribution in [2.45, 2.75) is 0 Å². The monoisotopic (exact) mass is 270 g/mol. The van der Waals surface area contributed by atoms with Crippen LogP contribution in [0.15, 0.2) is 17.5 Å². The van der Waals surface area contributed by atoms with E-state index in [4.69, 9.17) is 18.0 Å². The molecule has 2 aromatic heterocycles. The Morgan fingerprint density at radius 2 is 2.31 bits per heavy atom. The summed E-state index contributed by atoms with van der Waals surface area (Å²) in [5.41, 5.74) is 5.41. The van der Waals surface area contributed by atoms with Gasteiger partial charge in [-0.15, -0.1) is 22.7 Å². The first-order chi connectivity index (χ1) is 7.58. The lowest BCUT2D eigenvalue weighted by Crippen LogP contribution is -2.33. The van der Waals surface area contributed by atoms with E-state index in [1.807, 2.05) is 17.5 Å². The fraction of sp³-hybridized carbons (Fsp3) is 0.200. The molecule has 3 nitrogen and oxygen atoms in total. The highest BCUT2D eigenvalue weighted by Gasteiger charge is 2.15. The number of thiophene rings is 2. The Hall–Kier alpha value is -0.980. The van der Waals surface area contributed by atoms with Crippen LogP contribution in [0.2, 0.25) is 0 Å². The second kappa shape index (κ2) is 4.48. The van der Waals surface area contributed by atoms with Gasteiger partial charge >= 0.3 is 0 Å². The molecular formula is C10H10N2OS3. The number of thiocarbonyl (C=S) groups is 1. The molecule has 2 heterocycles. The summed E-state index contributed by atoms with van der Waals surface area (Å²) in [6.07, 6.45) is 0. The summed E-state index contributed by atoms with van der Waals surface area (Å²) in [7, 11) is 1.70. The van der Waals surface area contributed by atoms with E-state index in [0.717, 1.165) is 14.3 Å². The predicted octanol–water partition coefficient (Wildman–Crippen LogP) is 2.32. The number of amides is 1. The van der Waals surface area contributed by atoms with Crippen molar-refractivity contribution in [3.05, 3.63) is 22.4 Å². The highest BCUT2D eigenvalue weighted by Crippen LogP contribution is 2.30. The molecule has 84 valence electrons. The van der Waals surface area contributed by atoms with E-state index >= 15 is 0 Å². The number of carbonyl (C=O) groups excluding carboxylic acids is 1. The van der Waals surface area contributed by atoms with E-state index in [2.05, 4.69) is 0 Å². The van der Waals surface area contributed by atoms with Gasteiger partial charge in [-0.25, -0.2) is 0 Å². The minimum absolute atomic E-state index is 0.0267. The number of fused-ring (bicyclic) bond motifs is 1. The highest BCUT2D eigenvalue weighted by molar-refractivity contribution is 7.80. The molecule has 6 heteroatoms. The second-order valence-electron chi connectivity index (χ2n) is 3.39. The third-order valence-corrected chi connectivity index (χ3v) is 4.30. The number of carbonyl (C=O) groups is 1. The molecule has 0 bridgehead atoms. The minimum Gasteiger partial charge on any atom is -0.392 e. The van der Waals surface area contributed by atoms with Crippen molar-refractivity contribution < 1.29 is 4.79 Å². The minimum atomic E-state index is -0.0267. The Bertz CT molecular complexity index is 514. The molecule has 0 fully saturated rings.